The van der Waals surface area contributed by atoms with Crippen LogP contribution in [-0.2, 0) is 15.1 Å². The van der Waals surface area contributed by atoms with E-state index in [1.54, 1.807) is 12.5 Å². The van der Waals surface area contributed by atoms with E-state index in [4.69, 9.17) is 13.9 Å². The van der Waals surface area contributed by atoms with Gasteiger partial charge in [0.15, 0.2) is 0 Å². The van der Waals surface area contributed by atoms with Crippen LogP contribution in [0.3, 0.4) is 0 Å². The number of furan rings is 1. The van der Waals surface area contributed by atoms with E-state index < -0.39 is 16.6 Å². The molecule has 4 saturated carbocycles. The van der Waals surface area contributed by atoms with Crippen LogP contribution in [0.15, 0.2) is 23.0 Å². The van der Waals surface area contributed by atoms with Crippen LogP contribution < -0.4 is 0 Å². The third-order valence-corrected chi connectivity index (χ3v) is 12.5. The molecular weight excluding hydrogens is 478 g/mol. The molecule has 2 N–H and O–H groups in total. The molecule has 6 nitrogen and oxygen atoms in total. The van der Waals surface area contributed by atoms with Crippen LogP contribution >= 0.6 is 0 Å². The summed E-state index contributed by atoms with van der Waals surface area (Å²) in [7, 11) is 0. The molecule has 8 atom stereocenters. The highest BCUT2D eigenvalue weighted by molar-refractivity contribution is 5.30. The Morgan fingerprint density at radius 1 is 0.947 bits per heavy atom. The lowest BCUT2D eigenvalue weighted by Crippen LogP contribution is -2.64. The van der Waals surface area contributed by atoms with Gasteiger partial charge in [-0.05, 0) is 119 Å². The standard InChI is InChI=1S/C32H51NO5/c1-29-11-8-26(38-21-20-36-18-5-17-33-15-3-4-16-33)22-24(29)6-7-28-27(29)9-12-30(2)31(34,13-14-32(28,30)35)25-10-19-37-23-25/h10,19,23-24,26-28,34-35H,3-9,11-18,20-22H2,1-2H3/t24-,26+,27?,28?,29+,30-,31+,32+/m1/s1. The summed E-state index contributed by atoms with van der Waals surface area (Å²) >= 11 is 0. The van der Waals surface area contributed by atoms with Gasteiger partial charge in [0.1, 0.15) is 5.60 Å². The first-order valence-corrected chi connectivity index (χ1v) is 15.7. The molecule has 2 unspecified atom stereocenters. The summed E-state index contributed by atoms with van der Waals surface area (Å²) < 4.78 is 17.6. The number of aliphatic hydroxyl groups is 2. The number of ether oxygens (including phenoxy) is 2. The van der Waals surface area contributed by atoms with Crippen LogP contribution in [0.5, 0.6) is 0 Å². The van der Waals surface area contributed by atoms with Crippen LogP contribution in [0.2, 0.25) is 0 Å². The van der Waals surface area contributed by atoms with Crippen molar-refractivity contribution in [3.8, 4) is 0 Å². The second-order valence-corrected chi connectivity index (χ2v) is 13.9. The number of hydrogen-bond acceptors (Lipinski definition) is 6. The van der Waals surface area contributed by atoms with Crippen molar-refractivity contribution in [2.24, 2.45) is 28.6 Å². The van der Waals surface area contributed by atoms with Gasteiger partial charge in [0.25, 0.3) is 0 Å². The smallest absolute Gasteiger partial charge is 0.101 e. The second-order valence-electron chi connectivity index (χ2n) is 13.9. The van der Waals surface area contributed by atoms with E-state index in [1.807, 2.05) is 6.07 Å². The van der Waals surface area contributed by atoms with E-state index in [9.17, 15) is 10.2 Å². The molecule has 1 aromatic rings. The fraction of sp³-hybridized carbons (Fsp3) is 0.875. The van der Waals surface area contributed by atoms with Crippen molar-refractivity contribution in [3.63, 3.8) is 0 Å². The molecule has 6 heteroatoms. The van der Waals surface area contributed by atoms with Crippen molar-refractivity contribution >= 4 is 0 Å². The average molecular weight is 530 g/mol. The Hall–Kier alpha value is -0.920. The fourth-order valence-corrected chi connectivity index (χ4v) is 10.1. The molecular formula is C32H51NO5. The van der Waals surface area contributed by atoms with Gasteiger partial charge < -0.3 is 29.0 Å². The van der Waals surface area contributed by atoms with Crippen molar-refractivity contribution in [2.45, 2.75) is 108 Å². The summed E-state index contributed by atoms with van der Waals surface area (Å²) in [4.78, 5) is 2.55. The molecule has 38 heavy (non-hydrogen) atoms. The van der Waals surface area contributed by atoms with E-state index in [2.05, 4.69) is 18.7 Å². The van der Waals surface area contributed by atoms with Crippen molar-refractivity contribution in [1.82, 2.24) is 4.90 Å². The molecule has 0 spiro atoms. The zero-order chi connectivity index (χ0) is 26.4. The minimum absolute atomic E-state index is 0.252. The molecule has 1 aromatic heterocycles. The molecule has 5 aliphatic rings. The Morgan fingerprint density at radius 2 is 1.79 bits per heavy atom. The van der Waals surface area contributed by atoms with Crippen molar-refractivity contribution in [1.29, 1.82) is 0 Å². The molecule has 1 aliphatic heterocycles. The van der Waals surface area contributed by atoms with E-state index >= 15 is 0 Å². The summed E-state index contributed by atoms with van der Waals surface area (Å²) in [5.41, 5.74) is -1.29. The van der Waals surface area contributed by atoms with Gasteiger partial charge in [0.2, 0.25) is 0 Å². The van der Waals surface area contributed by atoms with Crippen LogP contribution in [0, 0.1) is 28.6 Å². The van der Waals surface area contributed by atoms with Crippen LogP contribution in [0.25, 0.3) is 0 Å². The van der Waals surface area contributed by atoms with Crippen LogP contribution in [-0.4, -0.2) is 66.3 Å². The molecule has 0 bridgehead atoms. The summed E-state index contributed by atoms with van der Waals surface area (Å²) in [6.07, 6.45) is 16.4. The Bertz CT molecular complexity index is 932. The predicted molar refractivity (Wildman–Crippen MR) is 147 cm³/mol. The van der Waals surface area contributed by atoms with Crippen molar-refractivity contribution < 1.29 is 24.1 Å². The Balaban J connectivity index is 1.02. The molecule has 0 aromatic carbocycles. The highest BCUT2D eigenvalue weighted by Crippen LogP contribution is 2.71. The molecule has 214 valence electrons. The highest BCUT2D eigenvalue weighted by atomic mass is 16.5. The normalized spacial score (nSPS) is 45.1. The minimum Gasteiger partial charge on any atom is -0.472 e. The number of fused-ring (bicyclic) bond motifs is 5. The van der Waals surface area contributed by atoms with E-state index in [0.717, 1.165) is 57.1 Å². The molecule has 6 rings (SSSR count). The zero-order valence-corrected chi connectivity index (χ0v) is 23.8. The third kappa shape index (κ3) is 4.32. The van der Waals surface area contributed by atoms with Gasteiger partial charge in [-0.25, -0.2) is 0 Å². The van der Waals surface area contributed by atoms with E-state index in [1.165, 1.54) is 38.9 Å². The highest BCUT2D eigenvalue weighted by Gasteiger charge is 2.72. The summed E-state index contributed by atoms with van der Waals surface area (Å²) in [5, 5.41) is 24.3. The summed E-state index contributed by atoms with van der Waals surface area (Å²) in [6, 6.07) is 1.89. The number of nitrogens with zero attached hydrogens (tertiary/aromatic N) is 1. The Kier molecular flexibility index (Phi) is 7.52. The predicted octanol–water partition coefficient (Wildman–Crippen LogP) is 5.51. The maximum absolute atomic E-state index is 12.4. The van der Waals surface area contributed by atoms with Gasteiger partial charge in [-0.2, -0.15) is 0 Å². The zero-order valence-electron chi connectivity index (χ0n) is 23.8. The number of likely N-dealkylation sites (tertiary alicyclic amines) is 1. The first kappa shape index (κ1) is 27.3. The van der Waals surface area contributed by atoms with E-state index in [0.29, 0.717) is 44.0 Å². The van der Waals surface area contributed by atoms with Gasteiger partial charge >= 0.3 is 0 Å². The quantitative estimate of drug-likeness (QED) is 0.411. The van der Waals surface area contributed by atoms with E-state index in [-0.39, 0.29) is 11.3 Å². The lowest BCUT2D eigenvalue weighted by atomic mass is 9.43. The van der Waals surface area contributed by atoms with Crippen molar-refractivity contribution in [2.75, 3.05) is 39.5 Å². The monoisotopic (exact) mass is 529 g/mol. The number of rotatable bonds is 9. The van der Waals surface area contributed by atoms with Crippen LogP contribution in [0.4, 0.5) is 0 Å². The van der Waals surface area contributed by atoms with Crippen molar-refractivity contribution in [3.05, 3.63) is 24.2 Å². The van der Waals surface area contributed by atoms with Gasteiger partial charge in [-0.3, -0.25) is 0 Å². The average Bonchev–Trinajstić information content (AvgIpc) is 3.67. The molecule has 0 amide bonds. The second kappa shape index (κ2) is 10.5. The maximum Gasteiger partial charge on any atom is 0.101 e. The summed E-state index contributed by atoms with van der Waals surface area (Å²) in [5.74, 6) is 1.44. The number of hydrogen-bond donors (Lipinski definition) is 2. The first-order valence-electron chi connectivity index (χ1n) is 15.7. The summed E-state index contributed by atoms with van der Waals surface area (Å²) in [6.45, 7) is 10.6. The molecule has 1 saturated heterocycles. The largest absolute Gasteiger partial charge is 0.472 e. The minimum atomic E-state index is -1.01. The van der Waals surface area contributed by atoms with Crippen LogP contribution in [0.1, 0.15) is 96.5 Å². The molecule has 5 fully saturated rings. The Labute approximate surface area is 229 Å². The topological polar surface area (TPSA) is 75.3 Å². The Morgan fingerprint density at radius 3 is 2.58 bits per heavy atom. The lowest BCUT2D eigenvalue weighted by molar-refractivity contribution is -0.239. The lowest BCUT2D eigenvalue weighted by Gasteiger charge is -2.64. The molecule has 4 aliphatic carbocycles. The molecule has 2 heterocycles. The third-order valence-electron chi connectivity index (χ3n) is 12.5. The maximum atomic E-state index is 12.4. The first-order chi connectivity index (χ1) is 18.3. The van der Waals surface area contributed by atoms with Gasteiger partial charge in [-0.1, -0.05) is 13.8 Å². The fourth-order valence-electron chi connectivity index (χ4n) is 10.1. The van der Waals surface area contributed by atoms with Gasteiger partial charge in [0, 0.05) is 24.1 Å². The van der Waals surface area contributed by atoms with Gasteiger partial charge in [0.05, 0.1) is 37.4 Å². The van der Waals surface area contributed by atoms with Gasteiger partial charge in [-0.15, -0.1) is 0 Å². The molecule has 0 radical (unpaired) electrons. The SMILES string of the molecule is C[C@]12CCC3C(CC[C@@H]4C[C@@H](OCCOCCCN5CCCC5)CC[C@]34C)[C@@]1(O)CC[C@]2(O)c1ccoc1.